The van der Waals surface area contributed by atoms with Crippen LogP contribution in [-0.2, 0) is 6.42 Å². The van der Waals surface area contributed by atoms with E-state index in [9.17, 15) is 0 Å². The number of hydrogen-bond acceptors (Lipinski definition) is 4. The van der Waals surface area contributed by atoms with Crippen LogP contribution in [-0.4, -0.2) is 17.4 Å². The first-order chi connectivity index (χ1) is 9.06. The minimum absolute atomic E-state index is 0.0684. The summed E-state index contributed by atoms with van der Waals surface area (Å²) >= 11 is 1.44. The number of ether oxygens (including phenoxy) is 1. The molecule has 0 aliphatic carbocycles. The van der Waals surface area contributed by atoms with Gasteiger partial charge in [0.15, 0.2) is 0 Å². The van der Waals surface area contributed by atoms with Crippen LogP contribution in [0.4, 0.5) is 0 Å². The summed E-state index contributed by atoms with van der Waals surface area (Å²) in [5.74, 6) is 0.949. The minimum Gasteiger partial charge on any atom is -0.493 e. The van der Waals surface area contributed by atoms with Gasteiger partial charge < -0.3 is 10.5 Å². The molecule has 0 saturated heterocycles. The maximum atomic E-state index is 7.32. The molecule has 1 aromatic heterocycles. The average Bonchev–Trinajstić information content (AvgIpc) is 2.83. The quantitative estimate of drug-likeness (QED) is 0.651. The van der Waals surface area contributed by atoms with Crippen molar-refractivity contribution in [3.05, 3.63) is 45.4 Å². The summed E-state index contributed by atoms with van der Waals surface area (Å²) in [5, 5.41) is 8.26. The second kappa shape index (κ2) is 5.84. The van der Waals surface area contributed by atoms with E-state index >= 15 is 0 Å². The molecule has 100 valence electrons. The van der Waals surface area contributed by atoms with E-state index in [-0.39, 0.29) is 5.84 Å². The van der Waals surface area contributed by atoms with E-state index in [1.54, 1.807) is 6.20 Å². The van der Waals surface area contributed by atoms with Crippen LogP contribution in [0.1, 0.15) is 21.0 Å². The number of nitrogens with zero attached hydrogens (tertiary/aromatic N) is 1. The zero-order valence-electron chi connectivity index (χ0n) is 11.1. The van der Waals surface area contributed by atoms with Crippen LogP contribution in [0.15, 0.2) is 24.4 Å². The molecule has 1 heterocycles. The van der Waals surface area contributed by atoms with Crippen molar-refractivity contribution in [2.75, 3.05) is 6.61 Å². The largest absolute Gasteiger partial charge is 0.493 e. The molecule has 2 rings (SSSR count). The molecule has 0 amide bonds. The molecule has 5 heteroatoms. The first kappa shape index (κ1) is 13.5. The van der Waals surface area contributed by atoms with Crippen molar-refractivity contribution in [3.8, 4) is 5.75 Å². The number of rotatable bonds is 5. The molecule has 3 N–H and O–H groups in total. The lowest BCUT2D eigenvalue weighted by Gasteiger charge is -2.07. The number of thiazole rings is 1. The van der Waals surface area contributed by atoms with E-state index in [4.69, 9.17) is 15.9 Å². The Bertz CT molecular complexity index is 592. The third-order valence-electron chi connectivity index (χ3n) is 2.88. The molecule has 1 aromatic carbocycles. The Balaban J connectivity index is 1.88. The molecule has 0 aliphatic heterocycles. The Morgan fingerprint density at radius 1 is 1.37 bits per heavy atom. The number of aryl methyl sites for hydroxylation is 2. The number of benzene rings is 1. The van der Waals surface area contributed by atoms with Crippen molar-refractivity contribution in [3.63, 3.8) is 0 Å². The van der Waals surface area contributed by atoms with Crippen molar-refractivity contribution in [2.45, 2.75) is 20.3 Å². The van der Waals surface area contributed by atoms with E-state index in [0.29, 0.717) is 11.5 Å². The molecule has 0 atom stereocenters. The number of nitrogen functional groups attached to an aromatic ring is 1. The van der Waals surface area contributed by atoms with Crippen molar-refractivity contribution < 1.29 is 4.74 Å². The van der Waals surface area contributed by atoms with Crippen LogP contribution < -0.4 is 10.5 Å². The Kier molecular flexibility index (Phi) is 4.16. The molecular weight excluding hydrogens is 258 g/mol. The highest BCUT2D eigenvalue weighted by atomic mass is 32.1. The van der Waals surface area contributed by atoms with E-state index < -0.39 is 0 Å². The van der Waals surface area contributed by atoms with Crippen molar-refractivity contribution in [1.82, 2.24) is 4.98 Å². The van der Waals surface area contributed by atoms with Crippen LogP contribution in [0.3, 0.4) is 0 Å². The molecule has 0 fully saturated rings. The third kappa shape index (κ3) is 3.54. The molecule has 2 aromatic rings. The second-order valence-corrected chi connectivity index (χ2v) is 5.49. The Morgan fingerprint density at radius 2 is 2.16 bits per heavy atom. The van der Waals surface area contributed by atoms with Gasteiger partial charge in [-0.3, -0.25) is 5.41 Å². The Hall–Kier alpha value is -1.88. The van der Waals surface area contributed by atoms with Gasteiger partial charge in [-0.15, -0.1) is 11.3 Å². The molecule has 0 spiro atoms. The van der Waals surface area contributed by atoms with Gasteiger partial charge in [0.05, 0.1) is 16.5 Å². The zero-order valence-corrected chi connectivity index (χ0v) is 11.9. The summed E-state index contributed by atoms with van der Waals surface area (Å²) in [6, 6.07) is 6.07. The Labute approximate surface area is 116 Å². The molecule has 4 nitrogen and oxygen atoms in total. The van der Waals surface area contributed by atoms with Gasteiger partial charge in [0, 0.05) is 12.6 Å². The van der Waals surface area contributed by atoms with Gasteiger partial charge in [0.1, 0.15) is 11.6 Å². The summed E-state index contributed by atoms with van der Waals surface area (Å²) in [6.07, 6.45) is 2.36. The molecule has 19 heavy (non-hydrogen) atoms. The van der Waals surface area contributed by atoms with Gasteiger partial charge in [-0.2, -0.15) is 0 Å². The van der Waals surface area contributed by atoms with Crippen LogP contribution in [0.2, 0.25) is 0 Å². The molecule has 0 aliphatic rings. The van der Waals surface area contributed by atoms with E-state index in [0.717, 1.165) is 17.2 Å². The maximum absolute atomic E-state index is 7.32. The van der Waals surface area contributed by atoms with Crippen LogP contribution in [0.5, 0.6) is 5.75 Å². The lowest BCUT2D eigenvalue weighted by Crippen LogP contribution is -2.08. The smallest absolute Gasteiger partial charge is 0.134 e. The summed E-state index contributed by atoms with van der Waals surface area (Å²) in [5.41, 5.74) is 7.89. The van der Waals surface area contributed by atoms with Crippen LogP contribution >= 0.6 is 11.3 Å². The van der Waals surface area contributed by atoms with Gasteiger partial charge in [-0.05, 0) is 37.1 Å². The topological polar surface area (TPSA) is 72.0 Å². The van der Waals surface area contributed by atoms with E-state index in [2.05, 4.69) is 24.9 Å². The first-order valence-electron chi connectivity index (χ1n) is 6.05. The van der Waals surface area contributed by atoms with Gasteiger partial charge in [0.25, 0.3) is 0 Å². The van der Waals surface area contributed by atoms with Gasteiger partial charge >= 0.3 is 0 Å². The summed E-state index contributed by atoms with van der Waals surface area (Å²) < 4.78 is 5.70. The predicted molar refractivity (Wildman–Crippen MR) is 78.2 cm³/mol. The fourth-order valence-corrected chi connectivity index (χ4v) is 2.37. The van der Waals surface area contributed by atoms with Crippen molar-refractivity contribution >= 4 is 17.2 Å². The van der Waals surface area contributed by atoms with Gasteiger partial charge in [-0.1, -0.05) is 6.07 Å². The number of nitrogens with one attached hydrogen (secondary N) is 1. The minimum atomic E-state index is 0.0684. The zero-order chi connectivity index (χ0) is 13.8. The lowest BCUT2D eigenvalue weighted by molar-refractivity contribution is 0.321. The molecular formula is C14H17N3OS. The highest BCUT2D eigenvalue weighted by Crippen LogP contribution is 2.17. The number of amidine groups is 1. The SMILES string of the molecule is Cc1ccc(OCCc2ncc(C(=N)N)s2)cc1C. The van der Waals surface area contributed by atoms with E-state index in [1.165, 1.54) is 22.5 Å². The third-order valence-corrected chi connectivity index (χ3v) is 3.97. The molecule has 0 unspecified atom stereocenters. The number of hydrogen-bond donors (Lipinski definition) is 2. The fraction of sp³-hybridized carbons (Fsp3) is 0.286. The maximum Gasteiger partial charge on any atom is 0.134 e. The fourth-order valence-electron chi connectivity index (χ4n) is 1.61. The standard InChI is InChI=1S/C14H17N3OS/c1-9-3-4-11(7-10(9)2)18-6-5-13-17-8-12(19-13)14(15)16/h3-4,7-8H,5-6H2,1-2H3,(H3,15,16). The number of nitrogens with two attached hydrogens (primary N) is 1. The van der Waals surface area contributed by atoms with Crippen molar-refractivity contribution in [1.29, 1.82) is 5.41 Å². The average molecular weight is 275 g/mol. The van der Waals surface area contributed by atoms with Crippen LogP contribution in [0.25, 0.3) is 0 Å². The molecule has 0 radical (unpaired) electrons. The van der Waals surface area contributed by atoms with Crippen LogP contribution in [0, 0.1) is 19.3 Å². The summed E-state index contributed by atoms with van der Waals surface area (Å²) in [7, 11) is 0. The second-order valence-electron chi connectivity index (χ2n) is 4.38. The highest BCUT2D eigenvalue weighted by molar-refractivity contribution is 7.13. The van der Waals surface area contributed by atoms with Gasteiger partial charge in [-0.25, -0.2) is 4.98 Å². The summed E-state index contributed by atoms with van der Waals surface area (Å²) in [4.78, 5) is 4.93. The highest BCUT2D eigenvalue weighted by Gasteiger charge is 2.04. The lowest BCUT2D eigenvalue weighted by atomic mass is 10.1. The van der Waals surface area contributed by atoms with E-state index in [1.807, 2.05) is 12.1 Å². The molecule has 0 saturated carbocycles. The normalized spacial score (nSPS) is 10.4. The van der Waals surface area contributed by atoms with Crippen molar-refractivity contribution in [2.24, 2.45) is 5.73 Å². The number of aromatic nitrogens is 1. The Morgan fingerprint density at radius 3 is 2.79 bits per heavy atom. The first-order valence-corrected chi connectivity index (χ1v) is 6.87. The predicted octanol–water partition coefficient (Wildman–Crippen LogP) is 2.67. The molecule has 0 bridgehead atoms. The monoisotopic (exact) mass is 275 g/mol. The summed E-state index contributed by atoms with van der Waals surface area (Å²) in [6.45, 7) is 4.73. The van der Waals surface area contributed by atoms with Gasteiger partial charge in [0.2, 0.25) is 0 Å².